The second kappa shape index (κ2) is 6.51. The topological polar surface area (TPSA) is 95.0 Å². The summed E-state index contributed by atoms with van der Waals surface area (Å²) in [5, 5.41) is 23.2. The first kappa shape index (κ1) is 16.1. The number of nitrogens with two attached hydrogens (primary N) is 1. The highest BCUT2D eigenvalue weighted by molar-refractivity contribution is 5.71. The lowest BCUT2D eigenvalue weighted by Crippen LogP contribution is -2.29. The third-order valence-corrected chi connectivity index (χ3v) is 4.83. The molecule has 0 radical (unpaired) electrons. The number of nitrogens with one attached hydrogen (secondary N) is 1. The van der Waals surface area contributed by atoms with Gasteiger partial charge in [0.15, 0.2) is 0 Å². The van der Waals surface area contributed by atoms with Crippen LogP contribution >= 0.6 is 0 Å². The molecule has 4 rings (SSSR count). The number of anilines is 1. The van der Waals surface area contributed by atoms with Crippen molar-refractivity contribution in [3.63, 3.8) is 0 Å². The number of aromatic nitrogens is 1. The normalized spacial score (nSPS) is 15.9. The number of benzene rings is 2. The summed E-state index contributed by atoms with van der Waals surface area (Å²) in [6.07, 6.45) is 0.772. The van der Waals surface area contributed by atoms with Gasteiger partial charge in [0, 0.05) is 18.2 Å². The fraction of sp³-hybridized carbons (Fsp3) is 0.143. The van der Waals surface area contributed by atoms with Gasteiger partial charge in [-0.2, -0.15) is 5.26 Å². The van der Waals surface area contributed by atoms with Gasteiger partial charge < -0.3 is 16.2 Å². The SMILES string of the molecule is N#Cc1c([C@@H]2Cc3ccccc3CN2)cc(-c2ccccc2O)nc1N. The number of pyridine rings is 1. The van der Waals surface area contributed by atoms with E-state index in [0.717, 1.165) is 18.5 Å². The lowest BCUT2D eigenvalue weighted by molar-refractivity contribution is 0.477. The number of nitrogens with zero attached hydrogens (tertiary/aromatic N) is 2. The number of hydrogen-bond donors (Lipinski definition) is 3. The summed E-state index contributed by atoms with van der Waals surface area (Å²) in [4.78, 5) is 4.34. The van der Waals surface area contributed by atoms with Gasteiger partial charge in [0.05, 0.1) is 11.3 Å². The molecule has 0 saturated heterocycles. The second-order valence-electron chi connectivity index (χ2n) is 6.39. The Morgan fingerprint density at radius 3 is 2.62 bits per heavy atom. The van der Waals surface area contributed by atoms with Crippen LogP contribution in [0, 0.1) is 11.3 Å². The van der Waals surface area contributed by atoms with Gasteiger partial charge in [-0.05, 0) is 41.3 Å². The van der Waals surface area contributed by atoms with E-state index in [4.69, 9.17) is 5.73 Å². The van der Waals surface area contributed by atoms with E-state index in [9.17, 15) is 10.4 Å². The van der Waals surface area contributed by atoms with Crippen molar-refractivity contribution in [3.8, 4) is 23.1 Å². The number of aromatic hydroxyl groups is 1. The van der Waals surface area contributed by atoms with E-state index < -0.39 is 0 Å². The quantitative estimate of drug-likeness (QED) is 0.664. The molecule has 5 nitrogen and oxygen atoms in total. The number of nitriles is 1. The number of nitrogen functional groups attached to an aromatic ring is 1. The average Bonchev–Trinajstić information content (AvgIpc) is 2.67. The molecule has 0 fully saturated rings. The summed E-state index contributed by atoms with van der Waals surface area (Å²) >= 11 is 0. The Kier molecular flexibility index (Phi) is 4.04. The summed E-state index contributed by atoms with van der Waals surface area (Å²) in [5.41, 5.74) is 11.0. The first-order chi connectivity index (χ1) is 12.7. The Morgan fingerprint density at radius 1 is 1.12 bits per heavy atom. The number of rotatable bonds is 2. The van der Waals surface area contributed by atoms with Crippen LogP contribution in [0.5, 0.6) is 5.75 Å². The molecule has 1 atom stereocenters. The minimum absolute atomic E-state index is 0.0329. The monoisotopic (exact) mass is 342 g/mol. The molecule has 2 heterocycles. The average molecular weight is 342 g/mol. The molecular formula is C21H18N4O. The molecule has 4 N–H and O–H groups in total. The molecule has 0 bridgehead atoms. The first-order valence-electron chi connectivity index (χ1n) is 8.46. The fourth-order valence-corrected chi connectivity index (χ4v) is 3.48. The van der Waals surface area contributed by atoms with Gasteiger partial charge in [-0.15, -0.1) is 0 Å². The maximum absolute atomic E-state index is 10.2. The van der Waals surface area contributed by atoms with Gasteiger partial charge in [-0.1, -0.05) is 36.4 Å². The summed E-state index contributed by atoms with van der Waals surface area (Å²) in [5.74, 6) is 0.320. The summed E-state index contributed by atoms with van der Waals surface area (Å²) < 4.78 is 0. The Labute approximate surface area is 151 Å². The van der Waals surface area contributed by atoms with Crippen LogP contribution in [0.4, 0.5) is 5.82 Å². The molecule has 2 aromatic carbocycles. The first-order valence-corrected chi connectivity index (χ1v) is 8.46. The smallest absolute Gasteiger partial charge is 0.142 e. The maximum atomic E-state index is 10.2. The maximum Gasteiger partial charge on any atom is 0.142 e. The Hall–Kier alpha value is -3.36. The number of phenolic OH excluding ortho intramolecular Hbond substituents is 1. The van der Waals surface area contributed by atoms with Crippen LogP contribution in [0.3, 0.4) is 0 Å². The molecule has 0 unspecified atom stereocenters. The Bertz CT molecular complexity index is 1020. The van der Waals surface area contributed by atoms with Crippen LogP contribution < -0.4 is 11.1 Å². The zero-order valence-corrected chi connectivity index (χ0v) is 14.1. The lowest BCUT2D eigenvalue weighted by atomic mass is 9.89. The molecule has 3 aromatic rings. The number of para-hydroxylation sites is 1. The molecule has 0 saturated carbocycles. The third-order valence-electron chi connectivity index (χ3n) is 4.83. The molecule has 1 aromatic heterocycles. The van der Waals surface area contributed by atoms with Crippen molar-refractivity contribution in [1.82, 2.24) is 10.3 Å². The van der Waals surface area contributed by atoms with Crippen LogP contribution in [-0.4, -0.2) is 10.1 Å². The summed E-state index contributed by atoms with van der Waals surface area (Å²) in [7, 11) is 0. The third kappa shape index (κ3) is 2.77. The van der Waals surface area contributed by atoms with Crippen LogP contribution in [0.15, 0.2) is 54.6 Å². The largest absolute Gasteiger partial charge is 0.507 e. The lowest BCUT2D eigenvalue weighted by Gasteiger charge is -2.27. The van der Waals surface area contributed by atoms with Crippen molar-refractivity contribution in [3.05, 3.63) is 76.9 Å². The van der Waals surface area contributed by atoms with Gasteiger partial charge in [0.2, 0.25) is 0 Å². The molecule has 0 spiro atoms. The van der Waals surface area contributed by atoms with Crippen LogP contribution in [0.2, 0.25) is 0 Å². The Balaban J connectivity index is 1.81. The van der Waals surface area contributed by atoms with E-state index in [0.29, 0.717) is 16.8 Å². The van der Waals surface area contributed by atoms with Gasteiger partial charge in [-0.25, -0.2) is 4.98 Å². The zero-order valence-electron chi connectivity index (χ0n) is 14.1. The van der Waals surface area contributed by atoms with Crippen LogP contribution in [0.1, 0.15) is 28.3 Å². The summed E-state index contributed by atoms with van der Waals surface area (Å²) in [6, 6.07) is 19.3. The molecular weight excluding hydrogens is 324 g/mol. The molecule has 1 aliphatic rings. The van der Waals surface area contributed by atoms with E-state index in [2.05, 4.69) is 28.5 Å². The predicted molar refractivity (Wildman–Crippen MR) is 100 cm³/mol. The van der Waals surface area contributed by atoms with Crippen molar-refractivity contribution in [2.24, 2.45) is 0 Å². The van der Waals surface area contributed by atoms with Gasteiger partial charge >= 0.3 is 0 Å². The van der Waals surface area contributed by atoms with E-state index in [1.54, 1.807) is 18.2 Å². The van der Waals surface area contributed by atoms with E-state index in [-0.39, 0.29) is 17.6 Å². The molecule has 128 valence electrons. The van der Waals surface area contributed by atoms with Crippen molar-refractivity contribution in [2.75, 3.05) is 5.73 Å². The van der Waals surface area contributed by atoms with Gasteiger partial charge in [0.25, 0.3) is 0 Å². The van der Waals surface area contributed by atoms with Gasteiger partial charge in [0.1, 0.15) is 17.6 Å². The highest BCUT2D eigenvalue weighted by Gasteiger charge is 2.24. The summed E-state index contributed by atoms with van der Waals surface area (Å²) in [6.45, 7) is 0.736. The Morgan fingerprint density at radius 2 is 1.85 bits per heavy atom. The highest BCUT2D eigenvalue weighted by atomic mass is 16.3. The molecule has 0 amide bonds. The van der Waals surface area contributed by atoms with Crippen LogP contribution in [-0.2, 0) is 13.0 Å². The molecule has 1 aliphatic heterocycles. The number of phenols is 1. The van der Waals surface area contributed by atoms with E-state index >= 15 is 0 Å². The second-order valence-corrected chi connectivity index (χ2v) is 6.39. The number of hydrogen-bond acceptors (Lipinski definition) is 5. The van der Waals surface area contributed by atoms with Crippen molar-refractivity contribution in [1.29, 1.82) is 5.26 Å². The molecule has 5 heteroatoms. The van der Waals surface area contributed by atoms with Crippen molar-refractivity contribution in [2.45, 2.75) is 19.0 Å². The van der Waals surface area contributed by atoms with E-state index in [1.807, 2.05) is 24.3 Å². The highest BCUT2D eigenvalue weighted by Crippen LogP contribution is 2.34. The fourth-order valence-electron chi connectivity index (χ4n) is 3.48. The molecule has 0 aliphatic carbocycles. The van der Waals surface area contributed by atoms with Crippen LogP contribution in [0.25, 0.3) is 11.3 Å². The minimum Gasteiger partial charge on any atom is -0.507 e. The zero-order chi connectivity index (χ0) is 18.1. The van der Waals surface area contributed by atoms with Crippen molar-refractivity contribution < 1.29 is 5.11 Å². The minimum atomic E-state index is -0.0329. The standard InChI is InChI=1S/C21H18N4O/c22-11-17-16(18-9-13-5-1-2-6-14(13)12-24-18)10-19(25-21(17)23)15-7-3-4-8-20(15)26/h1-8,10,18,24,26H,9,12H2,(H2,23,25)/t18-/m0/s1. The number of fused-ring (bicyclic) bond motifs is 1. The molecule has 26 heavy (non-hydrogen) atoms. The predicted octanol–water partition coefficient (Wildman–Crippen LogP) is 3.30. The van der Waals surface area contributed by atoms with Gasteiger partial charge in [-0.3, -0.25) is 0 Å². The van der Waals surface area contributed by atoms with E-state index in [1.165, 1.54) is 11.1 Å². The van der Waals surface area contributed by atoms with Crippen molar-refractivity contribution >= 4 is 5.82 Å².